The first-order chi connectivity index (χ1) is 9.20. The van der Waals surface area contributed by atoms with Crippen LogP contribution in [0.4, 0.5) is 0 Å². The van der Waals surface area contributed by atoms with Crippen molar-refractivity contribution in [3.05, 3.63) is 58.9 Å². The van der Waals surface area contributed by atoms with Crippen molar-refractivity contribution in [2.75, 3.05) is 0 Å². The van der Waals surface area contributed by atoms with Gasteiger partial charge in [0.15, 0.2) is 0 Å². The number of benzene rings is 1. The van der Waals surface area contributed by atoms with Crippen LogP contribution in [0.25, 0.3) is 0 Å². The third-order valence-electron chi connectivity index (χ3n) is 3.21. The van der Waals surface area contributed by atoms with E-state index in [0.717, 1.165) is 17.9 Å². The predicted octanol–water partition coefficient (Wildman–Crippen LogP) is 4.83. The van der Waals surface area contributed by atoms with Crippen molar-refractivity contribution >= 4 is 11.6 Å². The largest absolute Gasteiger partial charge is 0.487 e. The van der Waals surface area contributed by atoms with Gasteiger partial charge in [-0.15, -0.1) is 0 Å². The molecule has 0 aliphatic carbocycles. The Bertz CT molecular complexity index is 542. The van der Waals surface area contributed by atoms with Gasteiger partial charge in [0.1, 0.15) is 17.5 Å². The molecule has 0 amide bonds. The van der Waals surface area contributed by atoms with Gasteiger partial charge in [-0.1, -0.05) is 49.7 Å². The lowest BCUT2D eigenvalue weighted by Crippen LogP contribution is -2.02. The number of hydrogen-bond acceptors (Lipinski definition) is 2. The van der Waals surface area contributed by atoms with E-state index in [1.54, 1.807) is 6.07 Å². The molecular formula is C16H18ClNO. The van der Waals surface area contributed by atoms with E-state index in [1.807, 2.05) is 30.3 Å². The molecule has 2 aromatic rings. The van der Waals surface area contributed by atoms with E-state index in [-0.39, 0.29) is 0 Å². The smallest absolute Gasteiger partial charge is 0.130 e. The molecule has 0 aliphatic heterocycles. The zero-order chi connectivity index (χ0) is 13.7. The number of para-hydroxylation sites is 1. The van der Waals surface area contributed by atoms with E-state index in [1.165, 1.54) is 5.56 Å². The predicted molar refractivity (Wildman–Crippen MR) is 78.7 cm³/mol. The van der Waals surface area contributed by atoms with Gasteiger partial charge in [-0.3, -0.25) is 0 Å². The summed E-state index contributed by atoms with van der Waals surface area (Å²) in [6.45, 7) is 4.83. The summed E-state index contributed by atoms with van der Waals surface area (Å²) in [6, 6.07) is 13.7. The van der Waals surface area contributed by atoms with Crippen LogP contribution in [0.2, 0.25) is 5.15 Å². The van der Waals surface area contributed by atoms with Crippen LogP contribution in [0.15, 0.2) is 42.5 Å². The average molecular weight is 276 g/mol. The minimum Gasteiger partial charge on any atom is -0.487 e. The van der Waals surface area contributed by atoms with Crippen LogP contribution in [-0.2, 0) is 6.61 Å². The number of pyridine rings is 1. The van der Waals surface area contributed by atoms with Gasteiger partial charge >= 0.3 is 0 Å². The van der Waals surface area contributed by atoms with Crippen molar-refractivity contribution in [1.29, 1.82) is 0 Å². The standard InChI is InChI=1S/C16H18ClNO/c1-3-12(2)14-8-4-5-9-15(14)19-11-13-7-6-10-16(17)18-13/h4-10,12H,3,11H2,1-2H3. The fourth-order valence-corrected chi connectivity index (χ4v) is 2.10. The molecule has 2 rings (SSSR count). The van der Waals surface area contributed by atoms with Gasteiger partial charge in [0.2, 0.25) is 0 Å². The lowest BCUT2D eigenvalue weighted by Gasteiger charge is -2.15. The number of aromatic nitrogens is 1. The second kappa shape index (κ2) is 6.58. The molecule has 0 aliphatic rings. The summed E-state index contributed by atoms with van der Waals surface area (Å²) >= 11 is 5.86. The first kappa shape index (κ1) is 13.9. The number of hydrogen-bond donors (Lipinski definition) is 0. The Labute approximate surface area is 119 Å². The van der Waals surface area contributed by atoms with E-state index < -0.39 is 0 Å². The molecule has 0 radical (unpaired) electrons. The van der Waals surface area contributed by atoms with Crippen LogP contribution >= 0.6 is 11.6 Å². The minimum atomic E-state index is 0.438. The van der Waals surface area contributed by atoms with Crippen LogP contribution in [0.3, 0.4) is 0 Å². The average Bonchev–Trinajstić information content (AvgIpc) is 2.45. The molecule has 100 valence electrons. The number of halogens is 1. The van der Waals surface area contributed by atoms with Gasteiger partial charge in [0, 0.05) is 0 Å². The maximum absolute atomic E-state index is 5.88. The zero-order valence-electron chi connectivity index (χ0n) is 11.3. The summed E-state index contributed by atoms with van der Waals surface area (Å²) in [5.74, 6) is 1.42. The highest BCUT2D eigenvalue weighted by Gasteiger charge is 2.09. The number of rotatable bonds is 5. The molecule has 0 fully saturated rings. The molecule has 1 unspecified atom stereocenters. The number of nitrogens with zero attached hydrogens (tertiary/aromatic N) is 1. The van der Waals surface area contributed by atoms with Crippen LogP contribution in [0, 0.1) is 0 Å². The van der Waals surface area contributed by atoms with Gasteiger partial charge in [0.05, 0.1) is 5.69 Å². The fraction of sp³-hybridized carbons (Fsp3) is 0.312. The minimum absolute atomic E-state index is 0.438. The van der Waals surface area contributed by atoms with Gasteiger partial charge < -0.3 is 4.74 Å². The van der Waals surface area contributed by atoms with Crippen molar-refractivity contribution in [3.8, 4) is 5.75 Å². The summed E-state index contributed by atoms with van der Waals surface area (Å²) in [4.78, 5) is 4.22. The third kappa shape index (κ3) is 3.71. The van der Waals surface area contributed by atoms with Crippen LogP contribution in [-0.4, -0.2) is 4.98 Å². The highest BCUT2D eigenvalue weighted by molar-refractivity contribution is 6.29. The summed E-state index contributed by atoms with van der Waals surface area (Å²) < 4.78 is 5.88. The van der Waals surface area contributed by atoms with E-state index in [4.69, 9.17) is 16.3 Å². The Morgan fingerprint density at radius 2 is 1.95 bits per heavy atom. The highest BCUT2D eigenvalue weighted by atomic mass is 35.5. The van der Waals surface area contributed by atoms with Crippen LogP contribution < -0.4 is 4.74 Å². The molecule has 0 saturated heterocycles. The first-order valence-corrected chi connectivity index (χ1v) is 6.91. The Kier molecular flexibility index (Phi) is 4.80. The Hall–Kier alpha value is -1.54. The molecule has 0 N–H and O–H groups in total. The molecule has 1 aromatic heterocycles. The van der Waals surface area contributed by atoms with E-state index >= 15 is 0 Å². The second-order valence-corrected chi connectivity index (χ2v) is 4.97. The maximum Gasteiger partial charge on any atom is 0.130 e. The molecule has 19 heavy (non-hydrogen) atoms. The highest BCUT2D eigenvalue weighted by Crippen LogP contribution is 2.28. The third-order valence-corrected chi connectivity index (χ3v) is 3.42. The summed E-state index contributed by atoms with van der Waals surface area (Å²) in [6.07, 6.45) is 1.09. The van der Waals surface area contributed by atoms with Crippen molar-refractivity contribution in [3.63, 3.8) is 0 Å². The lowest BCUT2D eigenvalue weighted by molar-refractivity contribution is 0.296. The summed E-state index contributed by atoms with van der Waals surface area (Å²) in [7, 11) is 0. The molecular weight excluding hydrogens is 258 g/mol. The molecule has 1 atom stereocenters. The summed E-state index contributed by atoms with van der Waals surface area (Å²) in [5, 5.41) is 0.497. The molecule has 3 heteroatoms. The number of ether oxygens (including phenoxy) is 1. The van der Waals surface area contributed by atoms with Gasteiger partial charge in [-0.2, -0.15) is 0 Å². The van der Waals surface area contributed by atoms with Gasteiger partial charge in [0.25, 0.3) is 0 Å². The normalized spacial score (nSPS) is 12.2. The SMILES string of the molecule is CCC(C)c1ccccc1OCc1cccc(Cl)n1. The van der Waals surface area contributed by atoms with Crippen LogP contribution in [0.5, 0.6) is 5.75 Å². The fourth-order valence-electron chi connectivity index (χ4n) is 1.92. The van der Waals surface area contributed by atoms with E-state index in [9.17, 15) is 0 Å². The van der Waals surface area contributed by atoms with E-state index in [0.29, 0.717) is 17.7 Å². The van der Waals surface area contributed by atoms with Crippen LogP contribution in [0.1, 0.15) is 37.4 Å². The van der Waals surface area contributed by atoms with E-state index in [2.05, 4.69) is 24.9 Å². The maximum atomic E-state index is 5.88. The van der Waals surface area contributed by atoms with Crippen molar-refractivity contribution in [2.45, 2.75) is 32.8 Å². The van der Waals surface area contributed by atoms with Crippen molar-refractivity contribution in [1.82, 2.24) is 4.98 Å². The van der Waals surface area contributed by atoms with Crippen molar-refractivity contribution in [2.24, 2.45) is 0 Å². The van der Waals surface area contributed by atoms with Gasteiger partial charge in [-0.25, -0.2) is 4.98 Å². The Morgan fingerprint density at radius 3 is 2.68 bits per heavy atom. The molecule has 0 spiro atoms. The quantitative estimate of drug-likeness (QED) is 0.729. The molecule has 1 aromatic carbocycles. The topological polar surface area (TPSA) is 22.1 Å². The Morgan fingerprint density at radius 1 is 1.16 bits per heavy atom. The molecule has 2 nitrogen and oxygen atoms in total. The summed E-state index contributed by atoms with van der Waals surface area (Å²) in [5.41, 5.74) is 2.08. The Balaban J connectivity index is 2.11. The lowest BCUT2D eigenvalue weighted by atomic mass is 9.98. The molecule has 0 bridgehead atoms. The molecule has 0 saturated carbocycles. The van der Waals surface area contributed by atoms with Gasteiger partial charge in [-0.05, 0) is 36.1 Å². The first-order valence-electron chi connectivity index (χ1n) is 6.54. The second-order valence-electron chi connectivity index (χ2n) is 4.59. The van der Waals surface area contributed by atoms with Crippen molar-refractivity contribution < 1.29 is 4.74 Å². The molecule has 1 heterocycles. The zero-order valence-corrected chi connectivity index (χ0v) is 12.0. The monoisotopic (exact) mass is 275 g/mol.